The van der Waals surface area contributed by atoms with E-state index in [2.05, 4.69) is 27.6 Å². The van der Waals surface area contributed by atoms with Gasteiger partial charge < -0.3 is 0 Å². The van der Waals surface area contributed by atoms with Crippen molar-refractivity contribution in [3.63, 3.8) is 0 Å². The molecule has 0 aromatic carbocycles. The number of aromatic nitrogens is 3. The molecule has 0 aliphatic carbocycles. The molecule has 0 saturated carbocycles. The molecule has 0 radical (unpaired) electrons. The van der Waals surface area contributed by atoms with E-state index in [1.165, 1.54) is 15.4 Å². The van der Waals surface area contributed by atoms with E-state index in [1.54, 1.807) is 11.3 Å². The summed E-state index contributed by atoms with van der Waals surface area (Å²) in [6.45, 7) is 1.08. The lowest BCUT2D eigenvalue weighted by atomic mass is 9.98. The van der Waals surface area contributed by atoms with E-state index in [0.717, 1.165) is 29.9 Å². The van der Waals surface area contributed by atoms with Crippen molar-refractivity contribution in [2.75, 3.05) is 19.3 Å². The standard InChI is InChI=1S/C16H18N4O2S2/c1-24(21,22)19-8-6-12(7-9-19)16-17-15-5-4-13(11-20(15)18-16)14-3-2-10-23-14/h2-5,10-12H,6-9H2,1H3. The Morgan fingerprint density at radius 2 is 2.00 bits per heavy atom. The molecule has 0 bridgehead atoms. The predicted octanol–water partition coefficient (Wildman–Crippen LogP) is 2.60. The highest BCUT2D eigenvalue weighted by atomic mass is 32.2. The summed E-state index contributed by atoms with van der Waals surface area (Å²) in [7, 11) is -3.10. The lowest BCUT2D eigenvalue weighted by Gasteiger charge is -2.28. The third-order valence-electron chi connectivity index (χ3n) is 4.44. The molecule has 0 spiro atoms. The van der Waals surface area contributed by atoms with Crippen LogP contribution in [-0.2, 0) is 10.0 Å². The summed E-state index contributed by atoms with van der Waals surface area (Å²) < 4.78 is 26.6. The number of pyridine rings is 1. The van der Waals surface area contributed by atoms with E-state index in [1.807, 2.05) is 22.8 Å². The zero-order valence-corrected chi connectivity index (χ0v) is 14.9. The minimum Gasteiger partial charge on any atom is -0.220 e. The van der Waals surface area contributed by atoms with Crippen molar-refractivity contribution in [3.8, 4) is 10.4 Å². The van der Waals surface area contributed by atoms with Crippen LogP contribution in [0.3, 0.4) is 0 Å². The number of nitrogens with zero attached hydrogens (tertiary/aromatic N) is 4. The van der Waals surface area contributed by atoms with E-state index in [4.69, 9.17) is 0 Å². The highest BCUT2D eigenvalue weighted by molar-refractivity contribution is 7.88. The second-order valence-electron chi connectivity index (χ2n) is 6.10. The largest absolute Gasteiger partial charge is 0.220 e. The van der Waals surface area contributed by atoms with Crippen LogP contribution in [-0.4, -0.2) is 46.7 Å². The highest BCUT2D eigenvalue weighted by Crippen LogP contribution is 2.28. The van der Waals surface area contributed by atoms with Gasteiger partial charge >= 0.3 is 0 Å². The van der Waals surface area contributed by atoms with Crippen molar-refractivity contribution in [1.29, 1.82) is 0 Å². The number of thiophene rings is 1. The molecule has 4 heterocycles. The number of hydrogen-bond donors (Lipinski definition) is 0. The molecular formula is C16H18N4O2S2. The number of hydrogen-bond acceptors (Lipinski definition) is 5. The maximum absolute atomic E-state index is 11.6. The van der Waals surface area contributed by atoms with Crippen LogP contribution in [0.5, 0.6) is 0 Å². The maximum Gasteiger partial charge on any atom is 0.211 e. The monoisotopic (exact) mass is 362 g/mol. The Labute approximate surface area is 144 Å². The molecule has 1 saturated heterocycles. The molecule has 1 aliphatic heterocycles. The number of rotatable bonds is 3. The van der Waals surface area contributed by atoms with Gasteiger partial charge in [-0.25, -0.2) is 22.2 Å². The molecule has 6 nitrogen and oxygen atoms in total. The smallest absolute Gasteiger partial charge is 0.211 e. The van der Waals surface area contributed by atoms with Gasteiger partial charge in [-0.05, 0) is 36.4 Å². The number of piperidine rings is 1. The fraction of sp³-hybridized carbons (Fsp3) is 0.375. The molecule has 8 heteroatoms. The Balaban J connectivity index is 1.58. The van der Waals surface area contributed by atoms with Gasteiger partial charge in [-0.1, -0.05) is 6.07 Å². The Bertz CT molecular complexity index is 955. The number of sulfonamides is 1. The average Bonchev–Trinajstić information content (AvgIpc) is 3.23. The van der Waals surface area contributed by atoms with E-state index >= 15 is 0 Å². The summed E-state index contributed by atoms with van der Waals surface area (Å²) in [5.74, 6) is 1.03. The first-order chi connectivity index (χ1) is 11.5. The second kappa shape index (κ2) is 5.94. The SMILES string of the molecule is CS(=O)(=O)N1CCC(c2nc3ccc(-c4cccs4)cn3n2)CC1. The van der Waals surface area contributed by atoms with Gasteiger partial charge in [0, 0.05) is 35.6 Å². The van der Waals surface area contributed by atoms with Gasteiger partial charge in [-0.3, -0.25) is 0 Å². The highest BCUT2D eigenvalue weighted by Gasteiger charge is 2.28. The van der Waals surface area contributed by atoms with Crippen LogP contribution in [0.1, 0.15) is 24.6 Å². The topological polar surface area (TPSA) is 67.6 Å². The van der Waals surface area contributed by atoms with Gasteiger partial charge in [0.2, 0.25) is 10.0 Å². The first-order valence-corrected chi connectivity index (χ1v) is 10.6. The third-order valence-corrected chi connectivity index (χ3v) is 6.66. The Morgan fingerprint density at radius 3 is 2.67 bits per heavy atom. The maximum atomic E-state index is 11.6. The molecule has 126 valence electrons. The summed E-state index contributed by atoms with van der Waals surface area (Å²) in [5.41, 5.74) is 1.96. The second-order valence-corrected chi connectivity index (χ2v) is 9.03. The molecule has 1 aliphatic rings. The van der Waals surface area contributed by atoms with E-state index in [-0.39, 0.29) is 5.92 Å². The molecule has 3 aromatic heterocycles. The Kier molecular flexibility index (Phi) is 3.90. The molecule has 0 unspecified atom stereocenters. The van der Waals surface area contributed by atoms with Crippen molar-refractivity contribution in [2.24, 2.45) is 0 Å². The first-order valence-electron chi connectivity index (χ1n) is 7.86. The minimum absolute atomic E-state index is 0.216. The van der Waals surface area contributed by atoms with Crippen LogP contribution in [0.25, 0.3) is 16.1 Å². The van der Waals surface area contributed by atoms with Gasteiger partial charge in [0.05, 0.1) is 6.26 Å². The van der Waals surface area contributed by atoms with Crippen LogP contribution in [0.15, 0.2) is 35.8 Å². The minimum atomic E-state index is -3.10. The van der Waals surface area contributed by atoms with Gasteiger partial charge in [0.15, 0.2) is 11.5 Å². The van der Waals surface area contributed by atoms with Gasteiger partial charge in [-0.2, -0.15) is 5.10 Å². The lowest BCUT2D eigenvalue weighted by molar-refractivity contribution is 0.315. The van der Waals surface area contributed by atoms with E-state index < -0.39 is 10.0 Å². The summed E-state index contributed by atoms with van der Waals surface area (Å²) in [6, 6.07) is 8.17. The van der Waals surface area contributed by atoms with Crippen molar-refractivity contribution < 1.29 is 8.42 Å². The van der Waals surface area contributed by atoms with E-state index in [9.17, 15) is 8.42 Å². The van der Waals surface area contributed by atoms with Crippen molar-refractivity contribution in [2.45, 2.75) is 18.8 Å². The fourth-order valence-electron chi connectivity index (χ4n) is 3.11. The van der Waals surface area contributed by atoms with Crippen LogP contribution < -0.4 is 0 Å². The molecule has 4 rings (SSSR count). The zero-order valence-electron chi connectivity index (χ0n) is 13.3. The molecule has 0 N–H and O–H groups in total. The summed E-state index contributed by atoms with van der Waals surface area (Å²) in [5, 5.41) is 6.69. The van der Waals surface area contributed by atoms with Gasteiger partial charge in [0.25, 0.3) is 0 Å². The molecular weight excluding hydrogens is 344 g/mol. The molecule has 24 heavy (non-hydrogen) atoms. The van der Waals surface area contributed by atoms with Crippen LogP contribution >= 0.6 is 11.3 Å². The van der Waals surface area contributed by atoms with Crippen molar-refractivity contribution in [1.82, 2.24) is 18.9 Å². The lowest BCUT2D eigenvalue weighted by Crippen LogP contribution is -2.37. The normalized spacial score (nSPS) is 17.5. The van der Waals surface area contributed by atoms with Crippen molar-refractivity contribution in [3.05, 3.63) is 41.7 Å². The third kappa shape index (κ3) is 2.97. The zero-order chi connectivity index (χ0) is 16.7. The molecule has 0 amide bonds. The Morgan fingerprint density at radius 1 is 1.21 bits per heavy atom. The summed E-state index contributed by atoms with van der Waals surface area (Å²) in [6.07, 6.45) is 4.80. The summed E-state index contributed by atoms with van der Waals surface area (Å²) in [4.78, 5) is 5.84. The average molecular weight is 362 g/mol. The fourth-order valence-corrected chi connectivity index (χ4v) is 4.70. The predicted molar refractivity (Wildman–Crippen MR) is 94.7 cm³/mol. The van der Waals surface area contributed by atoms with Crippen molar-refractivity contribution >= 4 is 27.0 Å². The number of fused-ring (bicyclic) bond motifs is 1. The summed E-state index contributed by atoms with van der Waals surface area (Å²) >= 11 is 1.70. The first kappa shape index (κ1) is 15.7. The molecule has 0 atom stereocenters. The van der Waals surface area contributed by atoms with Gasteiger partial charge in [0.1, 0.15) is 0 Å². The van der Waals surface area contributed by atoms with E-state index in [0.29, 0.717) is 13.1 Å². The van der Waals surface area contributed by atoms with Gasteiger partial charge in [-0.15, -0.1) is 11.3 Å². The van der Waals surface area contributed by atoms with Crippen LogP contribution in [0.4, 0.5) is 0 Å². The molecule has 1 fully saturated rings. The Hall–Kier alpha value is -1.77. The quantitative estimate of drug-likeness (QED) is 0.718. The van der Waals surface area contributed by atoms with Crippen LogP contribution in [0, 0.1) is 0 Å². The van der Waals surface area contributed by atoms with Crippen LogP contribution in [0.2, 0.25) is 0 Å². The molecule has 3 aromatic rings.